The van der Waals surface area contributed by atoms with E-state index < -0.39 is 12.1 Å². The first kappa shape index (κ1) is 18.1. The van der Waals surface area contributed by atoms with Crippen LogP contribution in [0.1, 0.15) is 10.4 Å². The van der Waals surface area contributed by atoms with Gasteiger partial charge in [0.05, 0.1) is 25.3 Å². The molecule has 0 saturated heterocycles. The van der Waals surface area contributed by atoms with Gasteiger partial charge in [0.2, 0.25) is 5.88 Å². The van der Waals surface area contributed by atoms with Crippen LogP contribution in [0.25, 0.3) is 22.5 Å². The average Bonchev–Trinajstić information content (AvgIpc) is 3.03. The molecular formula is C20H17NO6. The Morgan fingerprint density at radius 3 is 2.33 bits per heavy atom. The van der Waals surface area contributed by atoms with Gasteiger partial charge in [-0.15, -0.1) is 0 Å². The van der Waals surface area contributed by atoms with E-state index in [2.05, 4.69) is 10.1 Å². The number of carbonyl (C=O) groups excluding carboxylic acids is 2. The lowest BCUT2D eigenvalue weighted by Gasteiger charge is -2.06. The number of esters is 1. The summed E-state index contributed by atoms with van der Waals surface area (Å²) in [6, 6.07) is 15.4. The second kappa shape index (κ2) is 7.65. The number of nitrogens with one attached hydrogen (secondary N) is 1. The van der Waals surface area contributed by atoms with Crippen molar-refractivity contribution in [3.63, 3.8) is 0 Å². The zero-order valence-corrected chi connectivity index (χ0v) is 14.7. The predicted octanol–water partition coefficient (Wildman–Crippen LogP) is 4.28. The number of hydrogen-bond donors (Lipinski definition) is 2. The molecule has 0 unspecified atom stereocenters. The maximum Gasteiger partial charge on any atom is 0.413 e. The standard InChI is InChI=1S/C20H17NO6/c1-25-19(23)14-10-6-9-13(11-14)15-16(22)17(12-7-4-3-5-8-12)27-18(15)21-20(24)26-2/h3-11,22H,1-2H3,(H,21,24). The Labute approximate surface area is 155 Å². The van der Waals surface area contributed by atoms with Gasteiger partial charge >= 0.3 is 12.1 Å². The minimum absolute atomic E-state index is 0.000203. The van der Waals surface area contributed by atoms with Crippen molar-refractivity contribution < 1.29 is 28.6 Å². The third kappa shape index (κ3) is 3.62. The zero-order valence-electron chi connectivity index (χ0n) is 14.7. The molecule has 0 radical (unpaired) electrons. The SMILES string of the molecule is COC(=O)Nc1oc(-c2ccccc2)c(O)c1-c1cccc(C(=O)OC)c1. The number of anilines is 1. The summed E-state index contributed by atoms with van der Waals surface area (Å²) in [4.78, 5) is 23.5. The molecule has 1 heterocycles. The van der Waals surface area contributed by atoms with Crippen LogP contribution < -0.4 is 5.32 Å². The minimum atomic E-state index is -0.756. The maximum atomic E-state index is 11.8. The molecule has 138 valence electrons. The molecule has 7 heteroatoms. The molecule has 0 aliphatic rings. The van der Waals surface area contributed by atoms with Crippen LogP contribution in [0.2, 0.25) is 0 Å². The Kier molecular flexibility index (Phi) is 5.12. The summed E-state index contributed by atoms with van der Waals surface area (Å²) in [7, 11) is 2.50. The molecule has 0 fully saturated rings. The summed E-state index contributed by atoms with van der Waals surface area (Å²) < 4.78 is 15.0. The van der Waals surface area contributed by atoms with Gasteiger partial charge in [0, 0.05) is 5.56 Å². The van der Waals surface area contributed by atoms with Crippen molar-refractivity contribution in [1.82, 2.24) is 0 Å². The lowest BCUT2D eigenvalue weighted by atomic mass is 10.0. The lowest BCUT2D eigenvalue weighted by molar-refractivity contribution is 0.0600. The van der Waals surface area contributed by atoms with Crippen molar-refractivity contribution in [3.05, 3.63) is 60.2 Å². The van der Waals surface area contributed by atoms with E-state index in [0.717, 1.165) is 0 Å². The summed E-state index contributed by atoms with van der Waals surface area (Å²) in [5.74, 6) is -0.513. The molecule has 2 aromatic carbocycles. The fraction of sp³-hybridized carbons (Fsp3) is 0.100. The predicted molar refractivity (Wildman–Crippen MR) is 98.6 cm³/mol. The highest BCUT2D eigenvalue weighted by Crippen LogP contribution is 2.46. The first-order valence-corrected chi connectivity index (χ1v) is 8.00. The van der Waals surface area contributed by atoms with Crippen molar-refractivity contribution in [1.29, 1.82) is 0 Å². The van der Waals surface area contributed by atoms with Crippen molar-refractivity contribution >= 4 is 17.9 Å². The van der Waals surface area contributed by atoms with Gasteiger partial charge in [0.25, 0.3) is 0 Å². The van der Waals surface area contributed by atoms with E-state index in [9.17, 15) is 14.7 Å². The molecule has 3 rings (SSSR count). The van der Waals surface area contributed by atoms with E-state index in [1.807, 2.05) is 6.07 Å². The average molecular weight is 367 g/mol. The molecule has 0 saturated carbocycles. The van der Waals surface area contributed by atoms with Gasteiger partial charge in [-0.3, -0.25) is 5.32 Å². The normalized spacial score (nSPS) is 10.3. The van der Waals surface area contributed by atoms with Crippen molar-refractivity contribution in [2.45, 2.75) is 0 Å². The van der Waals surface area contributed by atoms with Crippen LogP contribution in [0.4, 0.5) is 10.7 Å². The van der Waals surface area contributed by atoms with Crippen LogP contribution in [0, 0.1) is 0 Å². The lowest BCUT2D eigenvalue weighted by Crippen LogP contribution is -2.11. The number of methoxy groups -OCH3 is 2. The van der Waals surface area contributed by atoms with E-state index in [0.29, 0.717) is 16.7 Å². The van der Waals surface area contributed by atoms with E-state index in [1.54, 1.807) is 42.5 Å². The second-order valence-electron chi connectivity index (χ2n) is 5.54. The third-order valence-electron chi connectivity index (χ3n) is 3.89. The fourth-order valence-electron chi connectivity index (χ4n) is 2.63. The Hall–Kier alpha value is -3.74. The van der Waals surface area contributed by atoms with Gasteiger partial charge in [0.15, 0.2) is 11.5 Å². The molecule has 7 nitrogen and oxygen atoms in total. The van der Waals surface area contributed by atoms with Crippen molar-refractivity contribution in [3.8, 4) is 28.2 Å². The van der Waals surface area contributed by atoms with Crippen LogP contribution in [-0.2, 0) is 9.47 Å². The third-order valence-corrected chi connectivity index (χ3v) is 3.89. The van der Waals surface area contributed by atoms with Crippen LogP contribution in [-0.4, -0.2) is 31.4 Å². The molecule has 27 heavy (non-hydrogen) atoms. The highest BCUT2D eigenvalue weighted by molar-refractivity contribution is 5.96. The quantitative estimate of drug-likeness (QED) is 0.668. The van der Waals surface area contributed by atoms with E-state index in [4.69, 9.17) is 9.15 Å². The minimum Gasteiger partial charge on any atom is -0.504 e. The molecule has 0 aliphatic heterocycles. The highest BCUT2D eigenvalue weighted by atomic mass is 16.5. The molecule has 3 aromatic rings. The smallest absolute Gasteiger partial charge is 0.413 e. The van der Waals surface area contributed by atoms with Crippen LogP contribution in [0.5, 0.6) is 5.75 Å². The number of benzene rings is 2. The van der Waals surface area contributed by atoms with Crippen LogP contribution in [0.15, 0.2) is 59.0 Å². The number of carbonyl (C=O) groups is 2. The van der Waals surface area contributed by atoms with Gasteiger partial charge in [-0.25, -0.2) is 9.59 Å². The zero-order chi connectivity index (χ0) is 19.4. The maximum absolute atomic E-state index is 11.8. The van der Waals surface area contributed by atoms with Crippen LogP contribution >= 0.6 is 0 Å². The number of rotatable bonds is 4. The Bertz CT molecular complexity index is 977. The Balaban J connectivity index is 2.17. The molecule has 2 N–H and O–H groups in total. The van der Waals surface area contributed by atoms with Gasteiger partial charge in [-0.05, 0) is 17.7 Å². The molecule has 0 aliphatic carbocycles. The van der Waals surface area contributed by atoms with Gasteiger partial charge in [-0.1, -0.05) is 42.5 Å². The van der Waals surface area contributed by atoms with Crippen molar-refractivity contribution in [2.24, 2.45) is 0 Å². The van der Waals surface area contributed by atoms with E-state index in [-0.39, 0.29) is 23.0 Å². The first-order chi connectivity index (χ1) is 13.0. The Morgan fingerprint density at radius 1 is 0.963 bits per heavy atom. The number of aromatic hydroxyl groups is 1. The topological polar surface area (TPSA) is 98.0 Å². The molecule has 1 amide bonds. The highest BCUT2D eigenvalue weighted by Gasteiger charge is 2.24. The molecular weight excluding hydrogens is 350 g/mol. The monoisotopic (exact) mass is 367 g/mol. The Morgan fingerprint density at radius 2 is 1.67 bits per heavy atom. The molecule has 0 atom stereocenters. The van der Waals surface area contributed by atoms with Crippen molar-refractivity contribution in [2.75, 3.05) is 19.5 Å². The summed E-state index contributed by atoms with van der Waals surface area (Å²) in [5.41, 5.74) is 1.61. The first-order valence-electron chi connectivity index (χ1n) is 8.00. The summed E-state index contributed by atoms with van der Waals surface area (Å²) in [6.07, 6.45) is -0.756. The summed E-state index contributed by atoms with van der Waals surface area (Å²) in [6.45, 7) is 0. The number of hydrogen-bond acceptors (Lipinski definition) is 6. The largest absolute Gasteiger partial charge is 0.504 e. The van der Waals surface area contributed by atoms with Crippen LogP contribution in [0.3, 0.4) is 0 Å². The van der Waals surface area contributed by atoms with Gasteiger partial charge in [0.1, 0.15) is 0 Å². The molecule has 0 spiro atoms. The van der Waals surface area contributed by atoms with E-state index in [1.165, 1.54) is 20.3 Å². The number of furan rings is 1. The van der Waals surface area contributed by atoms with E-state index >= 15 is 0 Å². The number of ether oxygens (including phenoxy) is 2. The second-order valence-corrected chi connectivity index (χ2v) is 5.54. The molecule has 0 bridgehead atoms. The van der Waals surface area contributed by atoms with Gasteiger partial charge in [-0.2, -0.15) is 0 Å². The fourth-order valence-corrected chi connectivity index (χ4v) is 2.63. The molecule has 1 aromatic heterocycles. The number of amides is 1. The van der Waals surface area contributed by atoms with Gasteiger partial charge < -0.3 is 19.0 Å². The summed E-state index contributed by atoms with van der Waals surface area (Å²) >= 11 is 0. The summed E-state index contributed by atoms with van der Waals surface area (Å²) in [5, 5.41) is 13.2.